The van der Waals surface area contributed by atoms with E-state index in [-0.39, 0.29) is 6.42 Å². The van der Waals surface area contributed by atoms with E-state index in [1.807, 2.05) is 0 Å². The molecule has 0 aromatic heterocycles. The number of nitrogens with two attached hydrogens (primary N) is 1. The monoisotopic (exact) mass is 244 g/mol. The second-order valence-corrected chi connectivity index (χ2v) is 4.74. The predicted octanol–water partition coefficient (Wildman–Crippen LogP) is -0.400. The lowest BCUT2D eigenvalue weighted by Gasteiger charge is -2.33. The van der Waals surface area contributed by atoms with Gasteiger partial charge < -0.3 is 21.3 Å². The number of carbonyl (C=O) groups is 2. The third-order valence-electron chi connectivity index (χ3n) is 3.18. The van der Waals surface area contributed by atoms with E-state index in [1.54, 1.807) is 0 Å². The van der Waals surface area contributed by atoms with E-state index in [0.717, 1.165) is 32.1 Å². The number of carboxylic acid groups (broad SMARTS) is 1. The van der Waals surface area contributed by atoms with Crippen LogP contribution in [0.25, 0.3) is 0 Å². The Balaban J connectivity index is 2.45. The van der Waals surface area contributed by atoms with Gasteiger partial charge in [-0.25, -0.2) is 4.79 Å². The first kappa shape index (κ1) is 13.9. The third kappa shape index (κ3) is 4.32. The first-order chi connectivity index (χ1) is 7.97. The number of carbonyl (C=O) groups excluding carboxylic acids is 1. The van der Waals surface area contributed by atoms with Crippen LogP contribution in [0, 0.1) is 0 Å². The maximum atomic E-state index is 11.6. The molecule has 1 rings (SSSR count). The number of nitrogens with one attached hydrogen (secondary N) is 1. The van der Waals surface area contributed by atoms with Crippen LogP contribution in [0.3, 0.4) is 0 Å². The molecule has 6 nitrogen and oxygen atoms in total. The summed E-state index contributed by atoms with van der Waals surface area (Å²) < 4.78 is 0. The molecule has 1 amide bonds. The van der Waals surface area contributed by atoms with Gasteiger partial charge in [0.05, 0.1) is 6.61 Å². The number of hydrogen-bond donors (Lipinski definition) is 4. The minimum absolute atomic E-state index is 0.122. The Bertz CT molecular complexity index is 287. The number of hydrogen-bond acceptors (Lipinski definition) is 4. The first-order valence-electron chi connectivity index (χ1n) is 5.89. The topological polar surface area (TPSA) is 113 Å². The van der Waals surface area contributed by atoms with Crippen molar-refractivity contribution in [3.63, 3.8) is 0 Å². The van der Waals surface area contributed by atoms with Crippen LogP contribution < -0.4 is 11.1 Å². The van der Waals surface area contributed by atoms with Gasteiger partial charge in [0.25, 0.3) is 0 Å². The van der Waals surface area contributed by atoms with Crippen LogP contribution in [0.4, 0.5) is 0 Å². The van der Waals surface area contributed by atoms with E-state index in [0.29, 0.717) is 0 Å². The lowest BCUT2D eigenvalue weighted by atomic mass is 9.80. The van der Waals surface area contributed by atoms with E-state index in [2.05, 4.69) is 5.32 Å². The van der Waals surface area contributed by atoms with Gasteiger partial charge in [-0.15, -0.1) is 0 Å². The number of carboxylic acids is 1. The summed E-state index contributed by atoms with van der Waals surface area (Å²) >= 11 is 0. The van der Waals surface area contributed by atoms with Crippen LogP contribution in [-0.4, -0.2) is 40.3 Å². The molecule has 1 saturated carbocycles. The highest BCUT2D eigenvalue weighted by Crippen LogP contribution is 2.28. The van der Waals surface area contributed by atoms with Crippen molar-refractivity contribution >= 4 is 11.9 Å². The molecular weight excluding hydrogens is 224 g/mol. The Hall–Kier alpha value is -1.14. The second kappa shape index (κ2) is 5.97. The van der Waals surface area contributed by atoms with Crippen molar-refractivity contribution in [1.29, 1.82) is 0 Å². The fourth-order valence-electron chi connectivity index (χ4n) is 2.18. The molecule has 1 aliphatic rings. The maximum Gasteiger partial charge on any atom is 0.328 e. The molecule has 1 fully saturated rings. The Morgan fingerprint density at radius 2 is 1.88 bits per heavy atom. The fraction of sp³-hybridized carbons (Fsp3) is 0.818. The van der Waals surface area contributed by atoms with E-state index < -0.39 is 30.1 Å². The van der Waals surface area contributed by atoms with Gasteiger partial charge >= 0.3 is 5.97 Å². The minimum atomic E-state index is -1.24. The molecule has 0 bridgehead atoms. The van der Waals surface area contributed by atoms with Crippen LogP contribution in [0.15, 0.2) is 0 Å². The molecule has 98 valence electrons. The highest BCUT2D eigenvalue weighted by atomic mass is 16.4. The van der Waals surface area contributed by atoms with Crippen molar-refractivity contribution in [3.05, 3.63) is 0 Å². The van der Waals surface area contributed by atoms with Crippen molar-refractivity contribution in [2.75, 3.05) is 6.61 Å². The number of aliphatic carboxylic acids is 1. The highest BCUT2D eigenvalue weighted by molar-refractivity contribution is 5.84. The summed E-state index contributed by atoms with van der Waals surface area (Å²) in [5.74, 6) is -1.65. The van der Waals surface area contributed by atoms with Crippen LogP contribution in [0.1, 0.15) is 38.5 Å². The number of aliphatic hydroxyl groups excluding tert-OH is 1. The summed E-state index contributed by atoms with van der Waals surface area (Å²) in [6.45, 7) is -0.612. The molecule has 0 aromatic carbocycles. The van der Waals surface area contributed by atoms with Crippen LogP contribution in [0.5, 0.6) is 0 Å². The number of aliphatic hydroxyl groups is 1. The van der Waals surface area contributed by atoms with E-state index in [4.69, 9.17) is 15.9 Å². The largest absolute Gasteiger partial charge is 0.480 e. The molecule has 6 heteroatoms. The molecule has 1 unspecified atom stereocenters. The van der Waals surface area contributed by atoms with Gasteiger partial charge in [-0.05, 0) is 12.8 Å². The van der Waals surface area contributed by atoms with Gasteiger partial charge in [-0.3, -0.25) is 4.79 Å². The van der Waals surface area contributed by atoms with Gasteiger partial charge in [-0.2, -0.15) is 0 Å². The first-order valence-corrected chi connectivity index (χ1v) is 5.89. The quantitative estimate of drug-likeness (QED) is 0.525. The molecular formula is C11H20N2O4. The number of rotatable bonds is 5. The zero-order chi connectivity index (χ0) is 12.9. The standard InChI is InChI=1S/C11H20N2O4/c12-11(4-2-1-3-5-11)6-9(15)13-8(7-14)10(16)17/h8,14H,1-7,12H2,(H,13,15)(H,16,17). The average molecular weight is 244 g/mol. The molecule has 1 atom stereocenters. The predicted molar refractivity (Wildman–Crippen MR) is 61.3 cm³/mol. The molecule has 0 aromatic rings. The van der Waals surface area contributed by atoms with Crippen LogP contribution in [0.2, 0.25) is 0 Å². The lowest BCUT2D eigenvalue weighted by Crippen LogP contribution is -2.50. The molecule has 0 saturated heterocycles. The molecule has 0 aliphatic heterocycles. The van der Waals surface area contributed by atoms with E-state index in [1.165, 1.54) is 0 Å². The Labute approximate surface area is 100 Å². The summed E-state index contributed by atoms with van der Waals surface area (Å²) in [5, 5.41) is 19.7. The van der Waals surface area contributed by atoms with E-state index >= 15 is 0 Å². The highest BCUT2D eigenvalue weighted by Gasteiger charge is 2.31. The Morgan fingerprint density at radius 3 is 2.35 bits per heavy atom. The van der Waals surface area contributed by atoms with Gasteiger partial charge in [0, 0.05) is 12.0 Å². The Kier molecular flexibility index (Phi) is 4.89. The minimum Gasteiger partial charge on any atom is -0.480 e. The fourth-order valence-corrected chi connectivity index (χ4v) is 2.18. The van der Waals surface area contributed by atoms with Crippen molar-refractivity contribution in [2.24, 2.45) is 5.73 Å². The van der Waals surface area contributed by atoms with E-state index in [9.17, 15) is 9.59 Å². The summed E-state index contributed by atoms with van der Waals surface area (Å²) in [6, 6.07) is -1.24. The van der Waals surface area contributed by atoms with Crippen molar-refractivity contribution in [3.8, 4) is 0 Å². The summed E-state index contributed by atoms with van der Waals surface area (Å²) in [5.41, 5.74) is 5.57. The Morgan fingerprint density at radius 1 is 1.29 bits per heavy atom. The number of amides is 1. The molecule has 0 heterocycles. The molecule has 0 radical (unpaired) electrons. The summed E-state index contributed by atoms with van der Waals surface area (Å²) in [7, 11) is 0. The van der Waals surface area contributed by atoms with Crippen molar-refractivity contribution < 1.29 is 19.8 Å². The second-order valence-electron chi connectivity index (χ2n) is 4.74. The smallest absolute Gasteiger partial charge is 0.328 e. The maximum absolute atomic E-state index is 11.6. The summed E-state index contributed by atoms with van der Waals surface area (Å²) in [4.78, 5) is 22.3. The third-order valence-corrected chi connectivity index (χ3v) is 3.18. The van der Waals surface area contributed by atoms with Crippen molar-refractivity contribution in [1.82, 2.24) is 5.32 Å². The normalized spacial score (nSPS) is 20.6. The molecule has 1 aliphatic carbocycles. The molecule has 0 spiro atoms. The summed E-state index contributed by atoms with van der Waals surface area (Å²) in [6.07, 6.45) is 4.85. The lowest BCUT2D eigenvalue weighted by molar-refractivity contribution is -0.143. The van der Waals surface area contributed by atoms with Gasteiger partial charge in [0.15, 0.2) is 0 Å². The SMILES string of the molecule is NC1(CC(=O)NC(CO)C(=O)O)CCCCC1. The van der Waals surface area contributed by atoms with Gasteiger partial charge in [0.2, 0.25) is 5.91 Å². The van der Waals surface area contributed by atoms with Crippen LogP contribution in [-0.2, 0) is 9.59 Å². The molecule has 17 heavy (non-hydrogen) atoms. The van der Waals surface area contributed by atoms with Crippen molar-refractivity contribution in [2.45, 2.75) is 50.1 Å². The average Bonchev–Trinajstić information content (AvgIpc) is 2.25. The molecule has 5 N–H and O–H groups in total. The van der Waals surface area contributed by atoms with Crippen LogP contribution >= 0.6 is 0 Å². The van der Waals surface area contributed by atoms with Gasteiger partial charge in [0.1, 0.15) is 6.04 Å². The van der Waals surface area contributed by atoms with Gasteiger partial charge in [-0.1, -0.05) is 19.3 Å². The zero-order valence-corrected chi connectivity index (χ0v) is 9.82. The zero-order valence-electron chi connectivity index (χ0n) is 9.82.